The topological polar surface area (TPSA) is 66.4 Å². The number of carboxylic acids is 1. The van der Waals surface area contributed by atoms with E-state index in [1.807, 2.05) is 17.7 Å². The lowest BCUT2D eigenvalue weighted by molar-refractivity contribution is -0.137. The van der Waals surface area contributed by atoms with Crippen molar-refractivity contribution in [3.63, 3.8) is 0 Å². The van der Waals surface area contributed by atoms with Gasteiger partial charge in [-0.1, -0.05) is 6.42 Å². The maximum atomic E-state index is 11.7. The van der Waals surface area contributed by atoms with Crippen LogP contribution in [0.5, 0.6) is 0 Å². The average molecular weight is 255 g/mol. The van der Waals surface area contributed by atoms with Crippen molar-refractivity contribution in [3.05, 3.63) is 21.9 Å². The third-order valence-corrected chi connectivity index (χ3v) is 3.31. The van der Waals surface area contributed by atoms with E-state index >= 15 is 0 Å². The predicted molar refractivity (Wildman–Crippen MR) is 67.5 cm³/mol. The van der Waals surface area contributed by atoms with E-state index in [1.54, 1.807) is 0 Å². The fourth-order valence-corrected chi connectivity index (χ4v) is 2.30. The SMILES string of the molecule is Cc1cscc1C(=O)NCCCCCC(=O)O. The van der Waals surface area contributed by atoms with Crippen molar-refractivity contribution >= 4 is 23.2 Å². The van der Waals surface area contributed by atoms with E-state index in [-0.39, 0.29) is 12.3 Å². The molecule has 0 aliphatic carbocycles. The highest BCUT2D eigenvalue weighted by Gasteiger charge is 2.08. The zero-order chi connectivity index (χ0) is 12.7. The first-order valence-corrected chi connectivity index (χ1v) is 6.58. The molecule has 1 amide bonds. The number of hydrogen-bond donors (Lipinski definition) is 2. The molecule has 94 valence electrons. The number of nitrogens with one attached hydrogen (secondary N) is 1. The highest BCUT2D eigenvalue weighted by Crippen LogP contribution is 2.13. The number of carboxylic acid groups (broad SMARTS) is 1. The van der Waals surface area contributed by atoms with Crippen molar-refractivity contribution in [1.82, 2.24) is 5.32 Å². The van der Waals surface area contributed by atoms with Crippen LogP contribution in [0.25, 0.3) is 0 Å². The Balaban J connectivity index is 2.13. The lowest BCUT2D eigenvalue weighted by atomic mass is 10.2. The molecular formula is C12H17NO3S. The summed E-state index contributed by atoms with van der Waals surface area (Å²) < 4.78 is 0. The summed E-state index contributed by atoms with van der Waals surface area (Å²) in [5.41, 5.74) is 1.74. The van der Waals surface area contributed by atoms with E-state index in [1.165, 1.54) is 11.3 Å². The second kappa shape index (κ2) is 7.06. The first-order valence-electron chi connectivity index (χ1n) is 5.64. The quantitative estimate of drug-likeness (QED) is 0.735. The third kappa shape index (κ3) is 4.99. The highest BCUT2D eigenvalue weighted by molar-refractivity contribution is 7.08. The van der Waals surface area contributed by atoms with Crippen molar-refractivity contribution in [2.24, 2.45) is 0 Å². The largest absolute Gasteiger partial charge is 0.481 e. The number of thiophene rings is 1. The lowest BCUT2D eigenvalue weighted by Crippen LogP contribution is -2.24. The van der Waals surface area contributed by atoms with Gasteiger partial charge in [-0.3, -0.25) is 9.59 Å². The van der Waals surface area contributed by atoms with Gasteiger partial charge in [0.15, 0.2) is 0 Å². The number of unbranched alkanes of at least 4 members (excludes halogenated alkanes) is 2. The number of rotatable bonds is 7. The second-order valence-corrected chi connectivity index (χ2v) is 4.67. The van der Waals surface area contributed by atoms with Gasteiger partial charge in [0.05, 0.1) is 5.56 Å². The molecule has 5 heteroatoms. The van der Waals surface area contributed by atoms with Gasteiger partial charge in [0.1, 0.15) is 0 Å². The minimum absolute atomic E-state index is 0.0398. The maximum absolute atomic E-state index is 11.7. The third-order valence-electron chi connectivity index (χ3n) is 2.45. The zero-order valence-corrected chi connectivity index (χ0v) is 10.7. The van der Waals surface area contributed by atoms with E-state index in [2.05, 4.69) is 5.32 Å². The Labute approximate surface area is 105 Å². The number of amides is 1. The molecule has 17 heavy (non-hydrogen) atoms. The maximum Gasteiger partial charge on any atom is 0.303 e. The van der Waals surface area contributed by atoms with Crippen LogP contribution < -0.4 is 5.32 Å². The van der Waals surface area contributed by atoms with E-state index in [9.17, 15) is 9.59 Å². The molecule has 0 radical (unpaired) electrons. The van der Waals surface area contributed by atoms with E-state index < -0.39 is 5.97 Å². The number of carbonyl (C=O) groups is 2. The molecule has 1 aromatic rings. The van der Waals surface area contributed by atoms with Crippen LogP contribution in [0, 0.1) is 6.92 Å². The van der Waals surface area contributed by atoms with Crippen LogP contribution in [0.4, 0.5) is 0 Å². The van der Waals surface area contributed by atoms with Gasteiger partial charge in [-0.05, 0) is 30.7 Å². The van der Waals surface area contributed by atoms with Gasteiger partial charge in [-0.2, -0.15) is 11.3 Å². The molecule has 4 nitrogen and oxygen atoms in total. The van der Waals surface area contributed by atoms with Gasteiger partial charge in [0, 0.05) is 18.3 Å². The molecule has 0 atom stereocenters. The van der Waals surface area contributed by atoms with Gasteiger partial charge >= 0.3 is 5.97 Å². The summed E-state index contributed by atoms with van der Waals surface area (Å²) in [6.07, 6.45) is 2.53. The van der Waals surface area contributed by atoms with Crippen LogP contribution in [0.15, 0.2) is 10.8 Å². The Morgan fingerprint density at radius 2 is 2.06 bits per heavy atom. The van der Waals surface area contributed by atoms with Crippen molar-refractivity contribution in [2.75, 3.05) is 6.54 Å². The monoisotopic (exact) mass is 255 g/mol. The smallest absolute Gasteiger partial charge is 0.303 e. The Hall–Kier alpha value is -1.36. The van der Waals surface area contributed by atoms with E-state index in [4.69, 9.17) is 5.11 Å². The fraction of sp³-hybridized carbons (Fsp3) is 0.500. The van der Waals surface area contributed by atoms with Gasteiger partial charge in [-0.25, -0.2) is 0 Å². The highest BCUT2D eigenvalue weighted by atomic mass is 32.1. The van der Waals surface area contributed by atoms with Gasteiger partial charge in [0.25, 0.3) is 5.91 Å². The standard InChI is InChI=1S/C12H17NO3S/c1-9-7-17-8-10(9)12(16)13-6-4-2-3-5-11(14)15/h7-8H,2-6H2,1H3,(H,13,16)(H,14,15). The molecule has 0 unspecified atom stereocenters. The molecule has 0 spiro atoms. The van der Waals surface area contributed by atoms with Crippen LogP contribution >= 0.6 is 11.3 Å². The summed E-state index contributed by atoms with van der Waals surface area (Å²) in [6, 6.07) is 0. The van der Waals surface area contributed by atoms with Crippen molar-refractivity contribution in [2.45, 2.75) is 32.6 Å². The van der Waals surface area contributed by atoms with E-state index in [0.717, 1.165) is 24.0 Å². The molecule has 1 aromatic heterocycles. The summed E-state index contributed by atoms with van der Waals surface area (Å²) in [4.78, 5) is 21.9. The van der Waals surface area contributed by atoms with E-state index in [0.29, 0.717) is 13.0 Å². The van der Waals surface area contributed by atoms with Crippen LogP contribution in [0.1, 0.15) is 41.6 Å². The molecular weight excluding hydrogens is 238 g/mol. The minimum atomic E-state index is -0.761. The molecule has 1 heterocycles. The Morgan fingerprint density at radius 3 is 2.65 bits per heavy atom. The number of carbonyl (C=O) groups excluding carboxylic acids is 1. The van der Waals surface area contributed by atoms with Crippen LogP contribution in [-0.4, -0.2) is 23.5 Å². The first kappa shape index (κ1) is 13.7. The predicted octanol–water partition coefficient (Wildman–Crippen LogP) is 2.43. The van der Waals surface area contributed by atoms with Crippen LogP contribution in [0.3, 0.4) is 0 Å². The molecule has 0 aromatic carbocycles. The van der Waals surface area contributed by atoms with Gasteiger partial charge < -0.3 is 10.4 Å². The second-order valence-electron chi connectivity index (χ2n) is 3.93. The van der Waals surface area contributed by atoms with Crippen molar-refractivity contribution in [3.8, 4) is 0 Å². The summed E-state index contributed by atoms with van der Waals surface area (Å²) in [6.45, 7) is 2.52. The van der Waals surface area contributed by atoms with Crippen molar-refractivity contribution in [1.29, 1.82) is 0 Å². The Morgan fingerprint density at radius 1 is 1.29 bits per heavy atom. The first-order chi connectivity index (χ1) is 8.11. The molecule has 2 N–H and O–H groups in total. The number of aryl methyl sites for hydroxylation is 1. The summed E-state index contributed by atoms with van der Waals surface area (Å²) in [7, 11) is 0. The normalized spacial score (nSPS) is 10.2. The molecule has 0 fully saturated rings. The molecule has 0 aliphatic heterocycles. The molecule has 0 aliphatic rings. The Bertz CT molecular complexity index is 387. The summed E-state index contributed by atoms with van der Waals surface area (Å²) in [5.74, 6) is -0.801. The average Bonchev–Trinajstić information content (AvgIpc) is 2.69. The molecule has 0 saturated heterocycles. The minimum Gasteiger partial charge on any atom is -0.481 e. The lowest BCUT2D eigenvalue weighted by Gasteiger charge is -2.04. The van der Waals surface area contributed by atoms with Crippen LogP contribution in [0.2, 0.25) is 0 Å². The number of hydrogen-bond acceptors (Lipinski definition) is 3. The van der Waals surface area contributed by atoms with Gasteiger partial charge in [-0.15, -0.1) is 0 Å². The Kier molecular flexibility index (Phi) is 5.69. The van der Waals surface area contributed by atoms with Crippen molar-refractivity contribution < 1.29 is 14.7 Å². The fourth-order valence-electron chi connectivity index (χ4n) is 1.47. The summed E-state index contributed by atoms with van der Waals surface area (Å²) >= 11 is 1.52. The van der Waals surface area contributed by atoms with Crippen LogP contribution in [-0.2, 0) is 4.79 Å². The molecule has 1 rings (SSSR count). The zero-order valence-electron chi connectivity index (χ0n) is 9.86. The summed E-state index contributed by atoms with van der Waals surface area (Å²) in [5, 5.41) is 15.1. The molecule has 0 bridgehead atoms. The molecule has 0 saturated carbocycles. The number of aliphatic carboxylic acids is 1. The van der Waals surface area contributed by atoms with Gasteiger partial charge in [0.2, 0.25) is 0 Å².